The Balaban J connectivity index is 1.28. The van der Waals surface area contributed by atoms with Crippen molar-refractivity contribution in [2.75, 3.05) is 0 Å². The van der Waals surface area contributed by atoms with Gasteiger partial charge < -0.3 is 0 Å². The highest BCUT2D eigenvalue weighted by atomic mass is 32.1. The van der Waals surface area contributed by atoms with E-state index in [2.05, 4.69) is 115 Å². The minimum atomic E-state index is 0.679. The first-order valence-corrected chi connectivity index (χ1v) is 16.4. The van der Waals surface area contributed by atoms with E-state index >= 15 is 0 Å². The molecule has 0 N–H and O–H groups in total. The molecule has 0 aliphatic carbocycles. The van der Waals surface area contributed by atoms with Crippen LogP contribution in [0, 0.1) is 0 Å². The van der Waals surface area contributed by atoms with Crippen molar-refractivity contribution in [3.63, 3.8) is 0 Å². The van der Waals surface area contributed by atoms with E-state index in [1.165, 1.54) is 4.70 Å². The molecule has 0 atom stereocenters. The van der Waals surface area contributed by atoms with Gasteiger partial charge in [0.25, 0.3) is 0 Å². The van der Waals surface area contributed by atoms with Gasteiger partial charge in [0.15, 0.2) is 11.6 Å². The monoisotopic (exact) mass is 618 g/mol. The Morgan fingerprint density at radius 1 is 0.383 bits per heavy atom. The molecular weight excluding hydrogens is 593 g/mol. The van der Waals surface area contributed by atoms with Crippen molar-refractivity contribution in [2.24, 2.45) is 0 Å². The van der Waals surface area contributed by atoms with Crippen molar-refractivity contribution in [3.05, 3.63) is 158 Å². The van der Waals surface area contributed by atoms with Gasteiger partial charge in [0.1, 0.15) is 0 Å². The smallest absolute Gasteiger partial charge is 0.161 e. The van der Waals surface area contributed by atoms with Crippen LogP contribution in [0.5, 0.6) is 0 Å². The Morgan fingerprint density at radius 3 is 1.47 bits per heavy atom. The maximum Gasteiger partial charge on any atom is 0.161 e. The summed E-state index contributed by atoms with van der Waals surface area (Å²) in [6.07, 6.45) is 0. The summed E-state index contributed by atoms with van der Waals surface area (Å²) in [4.78, 5) is 20.8. The summed E-state index contributed by atoms with van der Waals surface area (Å²) in [5, 5.41) is 3.25. The van der Waals surface area contributed by atoms with Crippen molar-refractivity contribution >= 4 is 42.4 Å². The quantitative estimate of drug-likeness (QED) is 0.193. The molecule has 0 fully saturated rings. The number of hydrogen-bond donors (Lipinski definition) is 0. The fourth-order valence-electron chi connectivity index (χ4n) is 6.28. The first-order valence-electron chi connectivity index (χ1n) is 15.6. The van der Waals surface area contributed by atoms with Gasteiger partial charge in [-0.05, 0) is 22.9 Å². The van der Waals surface area contributed by atoms with Gasteiger partial charge in [-0.15, -0.1) is 11.3 Å². The van der Waals surface area contributed by atoms with E-state index in [0.717, 1.165) is 71.3 Å². The van der Waals surface area contributed by atoms with E-state index in [-0.39, 0.29) is 0 Å². The Hall–Kier alpha value is -6.04. The van der Waals surface area contributed by atoms with Gasteiger partial charge in [-0.1, -0.05) is 146 Å². The second kappa shape index (κ2) is 11.4. The van der Waals surface area contributed by atoms with E-state index in [0.29, 0.717) is 11.6 Å². The van der Waals surface area contributed by atoms with Crippen LogP contribution in [-0.4, -0.2) is 19.9 Å². The number of nitrogens with zero attached hydrogens (tertiary/aromatic N) is 4. The van der Waals surface area contributed by atoms with Crippen LogP contribution < -0.4 is 0 Å². The molecule has 0 bridgehead atoms. The average molecular weight is 619 g/mol. The van der Waals surface area contributed by atoms with Gasteiger partial charge in [0, 0.05) is 37.9 Å². The summed E-state index contributed by atoms with van der Waals surface area (Å²) in [5.74, 6) is 1.38. The highest BCUT2D eigenvalue weighted by Gasteiger charge is 2.19. The zero-order valence-corrected chi connectivity index (χ0v) is 26.0. The molecule has 6 aromatic carbocycles. The van der Waals surface area contributed by atoms with E-state index < -0.39 is 0 Å². The van der Waals surface area contributed by atoms with Crippen LogP contribution in [0.2, 0.25) is 0 Å². The number of thiophene rings is 1. The summed E-state index contributed by atoms with van der Waals surface area (Å²) in [6, 6.07) is 54.2. The molecule has 4 nitrogen and oxygen atoms in total. The largest absolute Gasteiger partial charge is 0.228 e. The molecule has 0 aliphatic rings. The molecule has 0 saturated heterocycles. The highest BCUT2D eigenvalue weighted by molar-refractivity contribution is 7.26. The molecule has 9 rings (SSSR count). The van der Waals surface area contributed by atoms with Crippen LogP contribution >= 0.6 is 11.3 Å². The van der Waals surface area contributed by atoms with Gasteiger partial charge in [-0.25, -0.2) is 19.9 Å². The zero-order chi connectivity index (χ0) is 31.2. The third-order valence-corrected chi connectivity index (χ3v) is 9.70. The normalized spacial score (nSPS) is 11.4. The lowest BCUT2D eigenvalue weighted by Crippen LogP contribution is -1.97. The number of benzene rings is 6. The van der Waals surface area contributed by atoms with Gasteiger partial charge in [-0.3, -0.25) is 0 Å². The summed E-state index contributed by atoms with van der Waals surface area (Å²) in [7, 11) is 0. The maximum atomic E-state index is 5.26. The van der Waals surface area contributed by atoms with Crippen LogP contribution in [0.4, 0.5) is 0 Å². The Morgan fingerprint density at radius 2 is 0.872 bits per heavy atom. The minimum absolute atomic E-state index is 0.679. The van der Waals surface area contributed by atoms with Gasteiger partial charge in [-0.2, -0.15) is 0 Å². The summed E-state index contributed by atoms with van der Waals surface area (Å²) < 4.78 is 2.30. The molecule has 220 valence electrons. The number of fused-ring (bicyclic) bond motifs is 4. The molecule has 0 spiro atoms. The lowest BCUT2D eigenvalue weighted by molar-refractivity contribution is 1.19. The molecule has 3 heterocycles. The second-order valence-electron chi connectivity index (χ2n) is 11.4. The highest BCUT2D eigenvalue weighted by Crippen LogP contribution is 2.41. The molecule has 0 unspecified atom stereocenters. The molecule has 0 radical (unpaired) electrons. The SMILES string of the molecule is c1ccc(-c2cc(-c3ccccc3)nc(-c3cccc4c(-c5nc(-c6ccccc6)c6sc7ccccc7c6n5)cccc34)n2)cc1. The Bertz CT molecular complexity index is 2500. The van der Waals surface area contributed by atoms with Crippen LogP contribution in [0.3, 0.4) is 0 Å². The lowest BCUT2D eigenvalue weighted by Gasteiger charge is -2.13. The second-order valence-corrected chi connectivity index (χ2v) is 12.5. The fraction of sp³-hybridized carbons (Fsp3) is 0. The van der Waals surface area contributed by atoms with Crippen molar-refractivity contribution in [2.45, 2.75) is 0 Å². The van der Waals surface area contributed by atoms with Crippen molar-refractivity contribution in [3.8, 4) is 56.5 Å². The standard InChI is InChI=1S/C42H26N4S/c1-4-14-27(15-5-1)35-26-36(28-16-6-2-7-17-28)44-41(43-35)32-23-12-22-31-30(32)21-13-24-33(31)42-45-38(29-18-8-3-9-19-29)40-39(46-42)34-20-10-11-25-37(34)47-40/h1-26H. The van der Waals surface area contributed by atoms with E-state index in [4.69, 9.17) is 19.9 Å². The molecule has 0 amide bonds. The molecular formula is C42H26N4S. The van der Waals surface area contributed by atoms with Crippen LogP contribution in [0.1, 0.15) is 0 Å². The third kappa shape index (κ3) is 4.85. The van der Waals surface area contributed by atoms with Crippen molar-refractivity contribution in [1.29, 1.82) is 0 Å². The molecule has 9 aromatic rings. The summed E-state index contributed by atoms with van der Waals surface area (Å²) in [6.45, 7) is 0. The summed E-state index contributed by atoms with van der Waals surface area (Å²) >= 11 is 1.75. The number of rotatable bonds is 5. The molecule has 47 heavy (non-hydrogen) atoms. The zero-order valence-electron chi connectivity index (χ0n) is 25.2. The molecule has 3 aromatic heterocycles. The average Bonchev–Trinajstić information content (AvgIpc) is 3.53. The van der Waals surface area contributed by atoms with Crippen LogP contribution in [-0.2, 0) is 0 Å². The van der Waals surface area contributed by atoms with Gasteiger partial charge >= 0.3 is 0 Å². The minimum Gasteiger partial charge on any atom is -0.228 e. The number of aromatic nitrogens is 4. The van der Waals surface area contributed by atoms with Crippen molar-refractivity contribution in [1.82, 2.24) is 19.9 Å². The Kier molecular flexibility index (Phi) is 6.61. The predicted octanol–water partition coefficient (Wildman–Crippen LogP) is 11.1. The van der Waals surface area contributed by atoms with E-state index in [1.54, 1.807) is 11.3 Å². The van der Waals surface area contributed by atoms with Crippen LogP contribution in [0.25, 0.3) is 87.6 Å². The van der Waals surface area contributed by atoms with Crippen molar-refractivity contribution < 1.29 is 0 Å². The predicted molar refractivity (Wildman–Crippen MR) is 195 cm³/mol. The fourth-order valence-corrected chi connectivity index (χ4v) is 7.44. The van der Waals surface area contributed by atoms with E-state index in [1.807, 2.05) is 42.5 Å². The maximum absolute atomic E-state index is 5.26. The van der Waals surface area contributed by atoms with Crippen LogP contribution in [0.15, 0.2) is 158 Å². The first kappa shape index (κ1) is 27.3. The molecule has 5 heteroatoms. The lowest BCUT2D eigenvalue weighted by atomic mass is 9.98. The molecule has 0 aliphatic heterocycles. The topological polar surface area (TPSA) is 51.6 Å². The summed E-state index contributed by atoms with van der Waals surface area (Å²) in [5.41, 5.74) is 8.81. The Labute approximate surface area is 275 Å². The molecule has 0 saturated carbocycles. The van der Waals surface area contributed by atoms with Gasteiger partial charge in [0.2, 0.25) is 0 Å². The number of hydrogen-bond acceptors (Lipinski definition) is 5. The third-order valence-electron chi connectivity index (χ3n) is 8.54. The van der Waals surface area contributed by atoms with Gasteiger partial charge in [0.05, 0.1) is 27.3 Å². The van der Waals surface area contributed by atoms with E-state index in [9.17, 15) is 0 Å². The first-order chi connectivity index (χ1) is 23.3.